The van der Waals surface area contributed by atoms with E-state index in [4.69, 9.17) is 5.11 Å². The fraction of sp³-hybridized carbons (Fsp3) is 0.400. The number of aliphatic hydroxyl groups is 1. The van der Waals surface area contributed by atoms with Gasteiger partial charge >= 0.3 is 0 Å². The fourth-order valence-electron chi connectivity index (χ4n) is 2.15. The molecule has 0 saturated carbocycles. The molecule has 0 spiro atoms. The first-order chi connectivity index (χ1) is 10.00. The lowest BCUT2D eigenvalue weighted by Crippen LogP contribution is -2.20. The van der Waals surface area contributed by atoms with Crippen molar-refractivity contribution >= 4 is 9.84 Å². The molecule has 1 atom stereocenters. The summed E-state index contributed by atoms with van der Waals surface area (Å²) >= 11 is 0. The highest BCUT2D eigenvalue weighted by molar-refractivity contribution is 7.90. The molecule has 0 aliphatic carbocycles. The third kappa shape index (κ3) is 4.68. The molecule has 1 aromatic heterocycles. The quantitative estimate of drug-likeness (QED) is 0.841. The highest BCUT2D eigenvalue weighted by atomic mass is 32.2. The largest absolute Gasteiger partial charge is 0.396 e. The summed E-state index contributed by atoms with van der Waals surface area (Å²) < 4.78 is 26.1. The van der Waals surface area contributed by atoms with E-state index in [9.17, 15) is 8.42 Å². The van der Waals surface area contributed by atoms with Gasteiger partial charge in [0.1, 0.15) is 11.6 Å². The standard InChI is InChI=1S/C15H20N2O3S/c1-13(10-18)11-21(19,20)12-15-16-7-8-17(15)9-14-5-3-2-4-6-14/h2-8,13,18H,9-12H2,1H3. The minimum Gasteiger partial charge on any atom is -0.396 e. The Morgan fingerprint density at radius 1 is 1.29 bits per heavy atom. The highest BCUT2D eigenvalue weighted by Crippen LogP contribution is 2.11. The molecule has 1 heterocycles. The summed E-state index contributed by atoms with van der Waals surface area (Å²) in [5.41, 5.74) is 1.10. The smallest absolute Gasteiger partial charge is 0.157 e. The van der Waals surface area contributed by atoms with Gasteiger partial charge in [-0.1, -0.05) is 37.3 Å². The van der Waals surface area contributed by atoms with Crippen molar-refractivity contribution in [3.05, 3.63) is 54.1 Å². The summed E-state index contributed by atoms with van der Waals surface area (Å²) in [4.78, 5) is 4.15. The number of benzene rings is 1. The van der Waals surface area contributed by atoms with Gasteiger partial charge in [-0.05, 0) is 11.5 Å². The molecule has 6 heteroatoms. The number of nitrogens with zero attached hydrogens (tertiary/aromatic N) is 2. The van der Waals surface area contributed by atoms with Crippen molar-refractivity contribution in [3.63, 3.8) is 0 Å². The Bertz CT molecular complexity index is 665. The van der Waals surface area contributed by atoms with Gasteiger partial charge < -0.3 is 9.67 Å². The Morgan fingerprint density at radius 3 is 2.67 bits per heavy atom. The van der Waals surface area contributed by atoms with Crippen LogP contribution >= 0.6 is 0 Å². The van der Waals surface area contributed by atoms with Gasteiger partial charge in [0.2, 0.25) is 0 Å². The maximum atomic E-state index is 12.1. The summed E-state index contributed by atoms with van der Waals surface area (Å²) in [7, 11) is -3.27. The Morgan fingerprint density at radius 2 is 2.00 bits per heavy atom. The Hall–Kier alpha value is -1.66. The van der Waals surface area contributed by atoms with Crippen molar-refractivity contribution in [1.82, 2.24) is 9.55 Å². The molecule has 0 saturated heterocycles. The second-order valence-electron chi connectivity index (χ2n) is 5.30. The van der Waals surface area contributed by atoms with Crippen LogP contribution in [-0.2, 0) is 22.1 Å². The maximum absolute atomic E-state index is 12.1. The van der Waals surface area contributed by atoms with Gasteiger partial charge in [0, 0.05) is 25.5 Å². The Labute approximate surface area is 125 Å². The second-order valence-corrected chi connectivity index (χ2v) is 7.41. The molecule has 1 N–H and O–H groups in total. The predicted octanol–water partition coefficient (Wildman–Crippen LogP) is 1.47. The van der Waals surface area contributed by atoms with Gasteiger partial charge in [0.25, 0.3) is 0 Å². The number of hydrogen-bond donors (Lipinski definition) is 1. The van der Waals surface area contributed by atoms with E-state index in [0.717, 1.165) is 5.56 Å². The zero-order chi connectivity index (χ0) is 15.3. The van der Waals surface area contributed by atoms with Gasteiger partial charge in [-0.15, -0.1) is 0 Å². The van der Waals surface area contributed by atoms with E-state index < -0.39 is 9.84 Å². The van der Waals surface area contributed by atoms with E-state index in [1.54, 1.807) is 19.3 Å². The van der Waals surface area contributed by atoms with Gasteiger partial charge in [-0.25, -0.2) is 13.4 Å². The van der Waals surface area contributed by atoms with E-state index >= 15 is 0 Å². The van der Waals surface area contributed by atoms with Crippen molar-refractivity contribution in [3.8, 4) is 0 Å². The zero-order valence-electron chi connectivity index (χ0n) is 12.0. The van der Waals surface area contributed by atoms with Crippen LogP contribution in [-0.4, -0.2) is 35.4 Å². The van der Waals surface area contributed by atoms with Gasteiger partial charge in [-0.2, -0.15) is 0 Å². The molecule has 2 rings (SSSR count). The van der Waals surface area contributed by atoms with Crippen molar-refractivity contribution in [2.24, 2.45) is 5.92 Å². The number of sulfone groups is 1. The van der Waals surface area contributed by atoms with Crippen LogP contribution in [0.3, 0.4) is 0 Å². The van der Waals surface area contributed by atoms with Crippen molar-refractivity contribution in [2.75, 3.05) is 12.4 Å². The Kier molecular flexibility index (Phi) is 5.14. The monoisotopic (exact) mass is 308 g/mol. The Balaban J connectivity index is 2.10. The van der Waals surface area contributed by atoms with Crippen LogP contribution in [0.25, 0.3) is 0 Å². The molecule has 1 unspecified atom stereocenters. The number of aliphatic hydroxyl groups excluding tert-OH is 1. The normalized spacial score (nSPS) is 13.2. The first kappa shape index (κ1) is 15.7. The molecule has 5 nitrogen and oxygen atoms in total. The fourth-order valence-corrected chi connectivity index (χ4v) is 3.87. The third-order valence-electron chi connectivity index (χ3n) is 3.20. The molecule has 114 valence electrons. The number of hydrogen-bond acceptors (Lipinski definition) is 4. The topological polar surface area (TPSA) is 72.2 Å². The van der Waals surface area contributed by atoms with E-state index in [2.05, 4.69) is 4.98 Å². The van der Waals surface area contributed by atoms with Gasteiger partial charge in [0.15, 0.2) is 9.84 Å². The van der Waals surface area contributed by atoms with E-state index in [1.807, 2.05) is 34.9 Å². The van der Waals surface area contributed by atoms with E-state index in [1.165, 1.54) is 0 Å². The molecule has 0 bridgehead atoms. The average molecular weight is 308 g/mol. The minimum atomic E-state index is -3.27. The molecule has 0 radical (unpaired) electrons. The molecular weight excluding hydrogens is 288 g/mol. The lowest BCUT2D eigenvalue weighted by atomic mass is 10.2. The second kappa shape index (κ2) is 6.87. The van der Waals surface area contributed by atoms with Gasteiger partial charge in [-0.3, -0.25) is 0 Å². The first-order valence-corrected chi connectivity index (χ1v) is 8.67. The van der Waals surface area contributed by atoms with Crippen LogP contribution in [0.5, 0.6) is 0 Å². The predicted molar refractivity (Wildman–Crippen MR) is 81.5 cm³/mol. The summed E-state index contributed by atoms with van der Waals surface area (Å²) in [6, 6.07) is 9.83. The van der Waals surface area contributed by atoms with Crippen molar-refractivity contribution in [2.45, 2.75) is 19.2 Å². The molecule has 0 amide bonds. The summed E-state index contributed by atoms with van der Waals surface area (Å²) in [5.74, 6) is 0.148. The van der Waals surface area contributed by atoms with Gasteiger partial charge in [0.05, 0.1) is 5.75 Å². The van der Waals surface area contributed by atoms with Crippen LogP contribution in [0.1, 0.15) is 18.3 Å². The lowest BCUT2D eigenvalue weighted by Gasteiger charge is -2.11. The first-order valence-electron chi connectivity index (χ1n) is 6.85. The molecule has 0 aliphatic heterocycles. The zero-order valence-corrected chi connectivity index (χ0v) is 12.8. The summed E-state index contributed by atoms with van der Waals surface area (Å²) in [5, 5.41) is 8.99. The van der Waals surface area contributed by atoms with E-state index in [-0.39, 0.29) is 24.0 Å². The van der Waals surface area contributed by atoms with Crippen molar-refractivity contribution < 1.29 is 13.5 Å². The average Bonchev–Trinajstić information content (AvgIpc) is 2.85. The van der Waals surface area contributed by atoms with Crippen LogP contribution in [0, 0.1) is 5.92 Å². The van der Waals surface area contributed by atoms with Crippen LogP contribution in [0.2, 0.25) is 0 Å². The molecule has 2 aromatic rings. The molecule has 1 aromatic carbocycles. The third-order valence-corrected chi connectivity index (χ3v) is 4.97. The van der Waals surface area contributed by atoms with Crippen LogP contribution in [0.4, 0.5) is 0 Å². The summed E-state index contributed by atoms with van der Waals surface area (Å²) in [6.45, 7) is 2.19. The molecule has 0 aliphatic rings. The number of aromatic nitrogens is 2. The molecule has 21 heavy (non-hydrogen) atoms. The molecular formula is C15H20N2O3S. The molecule has 0 fully saturated rings. The number of rotatable bonds is 7. The van der Waals surface area contributed by atoms with E-state index in [0.29, 0.717) is 12.4 Å². The van der Waals surface area contributed by atoms with Crippen LogP contribution in [0.15, 0.2) is 42.7 Å². The van der Waals surface area contributed by atoms with Crippen molar-refractivity contribution in [1.29, 1.82) is 0 Å². The maximum Gasteiger partial charge on any atom is 0.157 e. The lowest BCUT2D eigenvalue weighted by molar-refractivity contribution is 0.249. The summed E-state index contributed by atoms with van der Waals surface area (Å²) in [6.07, 6.45) is 3.40. The highest BCUT2D eigenvalue weighted by Gasteiger charge is 2.19. The number of imidazole rings is 1. The SMILES string of the molecule is CC(CO)CS(=O)(=O)Cc1nccn1Cc1ccccc1. The minimum absolute atomic E-state index is 0.0261. The van der Waals surface area contributed by atoms with Crippen LogP contribution < -0.4 is 0 Å².